The molecule has 0 radical (unpaired) electrons. The molecule has 0 aromatic heterocycles. The molecule has 1 saturated carbocycles. The van der Waals surface area contributed by atoms with E-state index in [0.717, 1.165) is 66.4 Å². The second kappa shape index (κ2) is 9.44. The molecule has 0 saturated heterocycles. The average molecular weight is 457 g/mol. The molecule has 7 heteroatoms. The zero-order valence-electron chi connectivity index (χ0n) is 16.2. The molecule has 0 bridgehead atoms. The van der Waals surface area contributed by atoms with Crippen LogP contribution in [0.2, 0.25) is 0 Å². The van der Waals surface area contributed by atoms with Crippen molar-refractivity contribution in [3.63, 3.8) is 0 Å². The Balaban J connectivity index is 1.75. The van der Waals surface area contributed by atoms with Gasteiger partial charge in [0.05, 0.1) is 13.2 Å². The Bertz CT molecular complexity index is 733. The molecule has 2 aliphatic rings. The standard InChI is InChI=1S/C21H27BrF2N2O2/c1-2-3-6-19-25-21(9-4-5-10-21)20(27)26(19)12-15-7-8-17(22)16(11-15)13-28-14-18(23)24/h7-8,11,18H,2-6,9-10,12-14H2,1H3. The first-order valence-electron chi connectivity index (χ1n) is 9.99. The quantitative estimate of drug-likeness (QED) is 0.493. The van der Waals surface area contributed by atoms with Gasteiger partial charge in [0, 0.05) is 10.9 Å². The van der Waals surface area contributed by atoms with E-state index in [1.807, 2.05) is 23.1 Å². The summed E-state index contributed by atoms with van der Waals surface area (Å²) >= 11 is 3.45. The van der Waals surface area contributed by atoms with Crippen LogP contribution in [0, 0.1) is 0 Å². The van der Waals surface area contributed by atoms with E-state index >= 15 is 0 Å². The number of carbonyl (C=O) groups excluding carboxylic acids is 1. The largest absolute Gasteiger partial charge is 0.371 e. The lowest BCUT2D eigenvalue weighted by Crippen LogP contribution is -2.40. The van der Waals surface area contributed by atoms with Gasteiger partial charge in [0.2, 0.25) is 0 Å². The summed E-state index contributed by atoms with van der Waals surface area (Å²) in [6, 6.07) is 5.75. The fourth-order valence-electron chi connectivity index (χ4n) is 3.98. The van der Waals surface area contributed by atoms with Gasteiger partial charge in [0.15, 0.2) is 0 Å². The zero-order chi connectivity index (χ0) is 20.1. The topological polar surface area (TPSA) is 41.9 Å². The minimum absolute atomic E-state index is 0.105. The van der Waals surface area contributed by atoms with E-state index in [4.69, 9.17) is 9.73 Å². The molecule has 1 aromatic rings. The molecule has 1 amide bonds. The Morgan fingerprint density at radius 1 is 1.32 bits per heavy atom. The average Bonchev–Trinajstić information content (AvgIpc) is 3.23. The maximum Gasteiger partial charge on any atom is 0.261 e. The van der Waals surface area contributed by atoms with Crippen molar-refractivity contribution in [3.05, 3.63) is 33.8 Å². The van der Waals surface area contributed by atoms with Crippen LogP contribution in [0.15, 0.2) is 27.7 Å². The fraction of sp³-hybridized carbons (Fsp3) is 0.619. The summed E-state index contributed by atoms with van der Waals surface area (Å²) in [5, 5.41) is 0. The second-order valence-electron chi connectivity index (χ2n) is 7.59. The molecule has 1 aliphatic heterocycles. The third-order valence-electron chi connectivity index (χ3n) is 5.43. The van der Waals surface area contributed by atoms with Gasteiger partial charge in [-0.1, -0.05) is 54.2 Å². The van der Waals surface area contributed by atoms with Gasteiger partial charge in [-0.2, -0.15) is 0 Å². The van der Waals surface area contributed by atoms with Crippen LogP contribution in [0.25, 0.3) is 0 Å². The van der Waals surface area contributed by atoms with E-state index in [2.05, 4.69) is 22.9 Å². The molecule has 0 N–H and O–H groups in total. The number of benzene rings is 1. The van der Waals surface area contributed by atoms with Crippen molar-refractivity contribution in [2.75, 3.05) is 6.61 Å². The minimum atomic E-state index is -2.48. The van der Waals surface area contributed by atoms with Crippen LogP contribution in [-0.2, 0) is 22.7 Å². The molecule has 1 heterocycles. The summed E-state index contributed by atoms with van der Waals surface area (Å²) < 4.78 is 30.5. The monoisotopic (exact) mass is 456 g/mol. The highest BCUT2D eigenvalue weighted by Gasteiger charge is 2.49. The van der Waals surface area contributed by atoms with Gasteiger partial charge in [-0.15, -0.1) is 0 Å². The summed E-state index contributed by atoms with van der Waals surface area (Å²) in [5.41, 5.74) is 1.21. The Labute approximate surface area is 173 Å². The fourth-order valence-corrected chi connectivity index (χ4v) is 4.34. The Morgan fingerprint density at radius 2 is 2.07 bits per heavy atom. The normalized spacial score (nSPS) is 18.5. The van der Waals surface area contributed by atoms with E-state index in [9.17, 15) is 13.6 Å². The molecule has 4 nitrogen and oxygen atoms in total. The van der Waals surface area contributed by atoms with Crippen LogP contribution in [0.1, 0.15) is 63.0 Å². The van der Waals surface area contributed by atoms with Gasteiger partial charge in [-0.3, -0.25) is 14.7 Å². The van der Waals surface area contributed by atoms with Crippen molar-refractivity contribution >= 4 is 27.7 Å². The van der Waals surface area contributed by atoms with E-state index in [-0.39, 0.29) is 12.5 Å². The van der Waals surface area contributed by atoms with Crippen molar-refractivity contribution < 1.29 is 18.3 Å². The molecule has 0 atom stereocenters. The number of rotatable bonds is 9. The number of hydrogen-bond acceptors (Lipinski definition) is 3. The lowest BCUT2D eigenvalue weighted by Gasteiger charge is -2.23. The highest BCUT2D eigenvalue weighted by Crippen LogP contribution is 2.40. The van der Waals surface area contributed by atoms with Gasteiger partial charge < -0.3 is 4.74 Å². The number of aliphatic imine (C=N–C) groups is 1. The van der Waals surface area contributed by atoms with Crippen molar-refractivity contribution in [2.24, 2.45) is 4.99 Å². The first-order chi connectivity index (χ1) is 13.4. The predicted octanol–water partition coefficient (Wildman–Crippen LogP) is 5.47. The lowest BCUT2D eigenvalue weighted by molar-refractivity contribution is -0.131. The van der Waals surface area contributed by atoms with Crippen LogP contribution < -0.4 is 0 Å². The van der Waals surface area contributed by atoms with Crippen molar-refractivity contribution in [1.82, 2.24) is 4.90 Å². The van der Waals surface area contributed by atoms with Crippen molar-refractivity contribution in [2.45, 2.75) is 77.0 Å². The van der Waals surface area contributed by atoms with E-state index in [1.165, 1.54) is 0 Å². The van der Waals surface area contributed by atoms with Crippen LogP contribution >= 0.6 is 15.9 Å². The Hall–Kier alpha value is -1.34. The number of halogens is 3. The van der Waals surface area contributed by atoms with E-state index < -0.39 is 18.6 Å². The molecular formula is C21H27BrF2N2O2. The summed E-state index contributed by atoms with van der Waals surface area (Å²) in [4.78, 5) is 19.9. The van der Waals surface area contributed by atoms with Crippen LogP contribution in [0.4, 0.5) is 8.78 Å². The third kappa shape index (κ3) is 4.79. The first kappa shape index (κ1) is 21.4. The molecule has 1 aromatic carbocycles. The molecule has 0 unspecified atom stereocenters. The number of nitrogens with zero attached hydrogens (tertiary/aromatic N) is 2. The third-order valence-corrected chi connectivity index (χ3v) is 6.21. The van der Waals surface area contributed by atoms with Gasteiger partial charge in [0.1, 0.15) is 18.0 Å². The maximum atomic E-state index is 13.2. The van der Waals surface area contributed by atoms with Gasteiger partial charge in [-0.25, -0.2) is 8.78 Å². The predicted molar refractivity (Wildman–Crippen MR) is 109 cm³/mol. The summed E-state index contributed by atoms with van der Waals surface area (Å²) in [7, 11) is 0. The SMILES string of the molecule is CCCCC1=NC2(CCCC2)C(=O)N1Cc1ccc(Br)c(COCC(F)F)c1. The second-order valence-corrected chi connectivity index (χ2v) is 8.45. The molecular weight excluding hydrogens is 430 g/mol. The number of alkyl halides is 2. The highest BCUT2D eigenvalue weighted by atomic mass is 79.9. The molecule has 1 spiro atoms. The van der Waals surface area contributed by atoms with Crippen LogP contribution in [0.3, 0.4) is 0 Å². The summed E-state index contributed by atoms with van der Waals surface area (Å²) in [6.45, 7) is 2.11. The minimum Gasteiger partial charge on any atom is -0.371 e. The molecule has 154 valence electrons. The van der Waals surface area contributed by atoms with E-state index in [0.29, 0.717) is 6.54 Å². The van der Waals surface area contributed by atoms with Gasteiger partial charge in [0.25, 0.3) is 12.3 Å². The zero-order valence-corrected chi connectivity index (χ0v) is 17.8. The van der Waals surface area contributed by atoms with E-state index in [1.54, 1.807) is 0 Å². The van der Waals surface area contributed by atoms with Crippen molar-refractivity contribution in [3.8, 4) is 0 Å². The molecule has 1 fully saturated rings. The number of hydrogen-bond donors (Lipinski definition) is 0. The first-order valence-corrected chi connectivity index (χ1v) is 10.8. The van der Waals surface area contributed by atoms with Gasteiger partial charge in [-0.05, 0) is 36.5 Å². The smallest absolute Gasteiger partial charge is 0.261 e. The molecule has 1 aliphatic carbocycles. The molecule has 28 heavy (non-hydrogen) atoms. The van der Waals surface area contributed by atoms with Crippen LogP contribution in [0.5, 0.6) is 0 Å². The lowest BCUT2D eigenvalue weighted by atomic mass is 9.98. The van der Waals surface area contributed by atoms with Crippen LogP contribution in [-0.4, -0.2) is 35.2 Å². The van der Waals surface area contributed by atoms with Gasteiger partial charge >= 0.3 is 0 Å². The number of amidine groups is 1. The summed E-state index contributed by atoms with van der Waals surface area (Å²) in [6.07, 6.45) is 4.16. The number of carbonyl (C=O) groups is 1. The van der Waals surface area contributed by atoms with Crippen molar-refractivity contribution in [1.29, 1.82) is 0 Å². The number of amides is 1. The Kier molecular flexibility index (Phi) is 7.20. The maximum absolute atomic E-state index is 13.2. The Morgan fingerprint density at radius 3 is 2.75 bits per heavy atom. The highest BCUT2D eigenvalue weighted by molar-refractivity contribution is 9.10. The number of ether oxygens (including phenoxy) is 1. The number of unbranched alkanes of at least 4 members (excludes halogenated alkanes) is 1. The molecule has 3 rings (SSSR count). The summed E-state index contributed by atoms with van der Waals surface area (Å²) in [5.74, 6) is 1.02.